The second-order valence-electron chi connectivity index (χ2n) is 6.46. The summed E-state index contributed by atoms with van der Waals surface area (Å²) in [4.78, 5) is 23.8. The van der Waals surface area contributed by atoms with Crippen molar-refractivity contribution in [2.45, 2.75) is 19.4 Å². The standard InChI is InChI=1S/C23H23N3O3/c1-29-21-12-11-18(19-9-5-6-10-20(19)21)16-25-26-23(28)14-13-22(27)24-15-17-7-3-2-4-8-17/h2-12,16H,13-15H2,1H3,(H,24,27)(H,26,28)/b25-16-. The summed E-state index contributed by atoms with van der Waals surface area (Å²) in [5.74, 6) is 0.298. The van der Waals surface area contributed by atoms with Crippen molar-refractivity contribution in [2.75, 3.05) is 7.11 Å². The van der Waals surface area contributed by atoms with Crippen LogP contribution in [0, 0.1) is 0 Å². The van der Waals surface area contributed by atoms with Crippen LogP contribution in [0.5, 0.6) is 5.75 Å². The number of nitrogens with zero attached hydrogens (tertiary/aromatic N) is 1. The fourth-order valence-electron chi connectivity index (χ4n) is 2.93. The zero-order valence-electron chi connectivity index (χ0n) is 16.2. The van der Waals surface area contributed by atoms with Crippen LogP contribution in [0.1, 0.15) is 24.0 Å². The molecule has 3 aromatic rings. The molecule has 0 aliphatic heterocycles. The number of hydrogen-bond acceptors (Lipinski definition) is 4. The maximum absolute atomic E-state index is 12.0. The largest absolute Gasteiger partial charge is 0.496 e. The van der Waals surface area contributed by atoms with E-state index in [0.29, 0.717) is 6.54 Å². The molecule has 0 aliphatic rings. The van der Waals surface area contributed by atoms with E-state index in [9.17, 15) is 9.59 Å². The Balaban J connectivity index is 1.49. The summed E-state index contributed by atoms with van der Waals surface area (Å²) >= 11 is 0. The van der Waals surface area contributed by atoms with Crippen LogP contribution in [0.2, 0.25) is 0 Å². The van der Waals surface area contributed by atoms with Crippen LogP contribution in [0.25, 0.3) is 10.8 Å². The third kappa shape index (κ3) is 5.65. The maximum Gasteiger partial charge on any atom is 0.240 e. The Labute approximate surface area is 169 Å². The van der Waals surface area contributed by atoms with Crippen LogP contribution < -0.4 is 15.5 Å². The van der Waals surface area contributed by atoms with Gasteiger partial charge in [-0.15, -0.1) is 0 Å². The molecule has 3 rings (SSSR count). The Morgan fingerprint density at radius 2 is 1.59 bits per heavy atom. The molecule has 0 saturated carbocycles. The molecular weight excluding hydrogens is 366 g/mol. The Kier molecular flexibility index (Phi) is 6.95. The van der Waals surface area contributed by atoms with E-state index >= 15 is 0 Å². The summed E-state index contributed by atoms with van der Waals surface area (Å²) in [5, 5.41) is 8.77. The van der Waals surface area contributed by atoms with Crippen molar-refractivity contribution >= 4 is 28.8 Å². The lowest BCUT2D eigenvalue weighted by Crippen LogP contribution is -2.25. The number of hydrazone groups is 1. The highest BCUT2D eigenvalue weighted by Gasteiger charge is 2.07. The Morgan fingerprint density at radius 1 is 0.897 bits per heavy atom. The molecule has 0 unspecified atom stereocenters. The van der Waals surface area contributed by atoms with Crippen LogP contribution in [-0.2, 0) is 16.1 Å². The average molecular weight is 389 g/mol. The van der Waals surface area contributed by atoms with E-state index in [1.165, 1.54) is 0 Å². The van der Waals surface area contributed by atoms with E-state index in [1.807, 2.05) is 66.7 Å². The molecule has 0 atom stereocenters. The Hall–Kier alpha value is -3.67. The first-order valence-electron chi connectivity index (χ1n) is 9.35. The predicted molar refractivity (Wildman–Crippen MR) is 114 cm³/mol. The van der Waals surface area contributed by atoms with Crippen molar-refractivity contribution in [3.05, 3.63) is 77.9 Å². The molecule has 2 N–H and O–H groups in total. The molecule has 0 heterocycles. The molecule has 148 valence electrons. The minimum absolute atomic E-state index is 0.0708. The molecular formula is C23H23N3O3. The minimum atomic E-state index is -0.311. The number of ether oxygens (including phenoxy) is 1. The summed E-state index contributed by atoms with van der Waals surface area (Å²) in [7, 11) is 1.63. The van der Waals surface area contributed by atoms with Crippen molar-refractivity contribution in [3.8, 4) is 5.75 Å². The van der Waals surface area contributed by atoms with Crippen molar-refractivity contribution in [1.29, 1.82) is 0 Å². The lowest BCUT2D eigenvalue weighted by molar-refractivity contribution is -0.126. The van der Waals surface area contributed by atoms with Crippen molar-refractivity contribution in [3.63, 3.8) is 0 Å². The third-order valence-corrected chi connectivity index (χ3v) is 4.44. The zero-order valence-corrected chi connectivity index (χ0v) is 16.2. The molecule has 0 saturated heterocycles. The molecule has 3 aromatic carbocycles. The summed E-state index contributed by atoms with van der Waals surface area (Å²) in [5.41, 5.74) is 4.35. The first-order valence-corrected chi connectivity index (χ1v) is 9.35. The van der Waals surface area contributed by atoms with E-state index in [2.05, 4.69) is 15.8 Å². The summed E-state index contributed by atoms with van der Waals surface area (Å²) in [6.45, 7) is 0.448. The second kappa shape index (κ2) is 10.0. The molecule has 6 nitrogen and oxygen atoms in total. The molecule has 0 spiro atoms. The normalized spacial score (nSPS) is 10.8. The molecule has 0 aromatic heterocycles. The highest BCUT2D eigenvalue weighted by Crippen LogP contribution is 2.27. The Bertz CT molecular complexity index is 1020. The smallest absolute Gasteiger partial charge is 0.240 e. The highest BCUT2D eigenvalue weighted by molar-refractivity contribution is 6.02. The van der Waals surface area contributed by atoms with Crippen molar-refractivity contribution in [2.24, 2.45) is 5.10 Å². The fraction of sp³-hybridized carbons (Fsp3) is 0.174. The molecule has 0 bridgehead atoms. The summed E-state index contributed by atoms with van der Waals surface area (Å²) in [6, 6.07) is 21.2. The molecule has 6 heteroatoms. The average Bonchev–Trinajstić information content (AvgIpc) is 2.77. The molecule has 2 amide bonds. The quantitative estimate of drug-likeness (QED) is 0.458. The van der Waals surface area contributed by atoms with Crippen LogP contribution >= 0.6 is 0 Å². The maximum atomic E-state index is 12.0. The van der Waals surface area contributed by atoms with Gasteiger partial charge in [0.05, 0.1) is 13.3 Å². The van der Waals surface area contributed by atoms with Gasteiger partial charge in [-0.05, 0) is 23.1 Å². The second-order valence-corrected chi connectivity index (χ2v) is 6.46. The lowest BCUT2D eigenvalue weighted by Gasteiger charge is -2.07. The van der Waals surface area contributed by atoms with Gasteiger partial charge in [-0.25, -0.2) is 5.43 Å². The minimum Gasteiger partial charge on any atom is -0.496 e. The van der Waals surface area contributed by atoms with E-state index in [-0.39, 0.29) is 24.7 Å². The zero-order chi connectivity index (χ0) is 20.5. The number of carbonyl (C=O) groups is 2. The molecule has 0 fully saturated rings. The van der Waals surface area contributed by atoms with Gasteiger partial charge < -0.3 is 10.1 Å². The molecule has 0 aliphatic carbocycles. The number of nitrogens with one attached hydrogen (secondary N) is 2. The summed E-state index contributed by atoms with van der Waals surface area (Å²) < 4.78 is 5.38. The van der Waals surface area contributed by atoms with Gasteiger partial charge in [0.15, 0.2) is 0 Å². The van der Waals surface area contributed by atoms with E-state index in [0.717, 1.165) is 27.6 Å². The van der Waals surface area contributed by atoms with E-state index < -0.39 is 0 Å². The van der Waals surface area contributed by atoms with Gasteiger partial charge in [0.25, 0.3) is 0 Å². The number of amides is 2. The van der Waals surface area contributed by atoms with Gasteiger partial charge in [-0.1, -0.05) is 54.6 Å². The molecule has 0 radical (unpaired) electrons. The number of methoxy groups -OCH3 is 1. The van der Waals surface area contributed by atoms with Gasteiger partial charge in [0.2, 0.25) is 11.8 Å². The fourth-order valence-corrected chi connectivity index (χ4v) is 2.93. The first kappa shape index (κ1) is 20.1. The van der Waals surface area contributed by atoms with Gasteiger partial charge >= 0.3 is 0 Å². The van der Waals surface area contributed by atoms with Crippen molar-refractivity contribution < 1.29 is 14.3 Å². The topological polar surface area (TPSA) is 79.8 Å². The SMILES string of the molecule is COc1ccc(/C=N\NC(=O)CCC(=O)NCc2ccccc2)c2ccccc12. The number of rotatable bonds is 8. The third-order valence-electron chi connectivity index (χ3n) is 4.44. The number of fused-ring (bicyclic) bond motifs is 1. The van der Waals surface area contributed by atoms with Crippen LogP contribution in [-0.4, -0.2) is 25.1 Å². The number of hydrogen-bond donors (Lipinski definition) is 2. The monoisotopic (exact) mass is 389 g/mol. The number of carbonyl (C=O) groups excluding carboxylic acids is 2. The van der Waals surface area contributed by atoms with E-state index in [4.69, 9.17) is 4.74 Å². The molecule has 29 heavy (non-hydrogen) atoms. The van der Waals surface area contributed by atoms with Crippen molar-refractivity contribution in [1.82, 2.24) is 10.7 Å². The van der Waals surface area contributed by atoms with E-state index in [1.54, 1.807) is 13.3 Å². The Morgan fingerprint density at radius 3 is 2.34 bits per heavy atom. The predicted octanol–water partition coefficient (Wildman–Crippen LogP) is 3.40. The summed E-state index contributed by atoms with van der Waals surface area (Å²) in [6.07, 6.45) is 1.77. The van der Waals surface area contributed by atoms with Crippen LogP contribution in [0.4, 0.5) is 0 Å². The van der Waals surface area contributed by atoms with Gasteiger partial charge in [-0.3, -0.25) is 9.59 Å². The van der Waals surface area contributed by atoms with Gasteiger partial charge in [0, 0.05) is 30.3 Å². The van der Waals surface area contributed by atoms with Crippen LogP contribution in [0.15, 0.2) is 71.8 Å². The lowest BCUT2D eigenvalue weighted by atomic mass is 10.0. The highest BCUT2D eigenvalue weighted by atomic mass is 16.5. The first-order chi connectivity index (χ1) is 14.2. The van der Waals surface area contributed by atoms with Crippen LogP contribution in [0.3, 0.4) is 0 Å². The van der Waals surface area contributed by atoms with Gasteiger partial charge in [0.1, 0.15) is 5.75 Å². The van der Waals surface area contributed by atoms with Gasteiger partial charge in [-0.2, -0.15) is 5.10 Å². The number of benzene rings is 3.